The summed E-state index contributed by atoms with van der Waals surface area (Å²) >= 11 is 0. The lowest BCUT2D eigenvalue weighted by atomic mass is 10.1. The molecule has 0 radical (unpaired) electrons. The molecule has 2 rings (SSSR count). The molecule has 4 nitrogen and oxygen atoms in total. The Bertz CT molecular complexity index is 593. The van der Waals surface area contributed by atoms with Crippen LogP contribution in [0.3, 0.4) is 0 Å². The number of hydrogen-bond acceptors (Lipinski definition) is 3. The minimum absolute atomic E-state index is 0.127. The Morgan fingerprint density at radius 2 is 2.05 bits per heavy atom. The molecule has 0 atom stereocenters. The lowest BCUT2D eigenvalue weighted by molar-refractivity contribution is -0.128. The monoisotopic (exact) mass is 257 g/mol. The molecule has 1 N–H and O–H groups in total. The molecule has 0 aliphatic carbocycles. The number of pyridine rings is 1. The second-order valence-electron chi connectivity index (χ2n) is 4.79. The van der Waals surface area contributed by atoms with Crippen molar-refractivity contribution in [1.29, 1.82) is 0 Å². The summed E-state index contributed by atoms with van der Waals surface area (Å²) in [6.07, 6.45) is 0.489. The summed E-state index contributed by atoms with van der Waals surface area (Å²) in [6.45, 7) is 2.60. The molecule has 0 bridgehead atoms. The number of carbonyl (C=O) groups is 1. The summed E-state index contributed by atoms with van der Waals surface area (Å²) < 4.78 is 0. The fourth-order valence-corrected chi connectivity index (χ4v) is 1.98. The van der Waals surface area contributed by atoms with E-state index in [1.807, 2.05) is 37.3 Å². The van der Waals surface area contributed by atoms with Crippen LogP contribution in [0.15, 0.2) is 30.3 Å². The summed E-state index contributed by atoms with van der Waals surface area (Å²) in [6, 6.07) is 10.0. The number of anilines is 1. The minimum Gasteiger partial charge on any atom is -0.384 e. The molecule has 0 aliphatic heterocycles. The summed E-state index contributed by atoms with van der Waals surface area (Å²) in [4.78, 5) is 17.6. The summed E-state index contributed by atoms with van der Waals surface area (Å²) in [5.74, 6) is 0.127. The molecule has 4 heteroatoms. The van der Waals surface area contributed by atoms with Gasteiger partial charge in [0.15, 0.2) is 0 Å². The van der Waals surface area contributed by atoms with Gasteiger partial charge in [-0.05, 0) is 19.1 Å². The number of aromatic nitrogens is 1. The Balaban J connectivity index is 2.14. The van der Waals surface area contributed by atoms with E-state index in [1.54, 1.807) is 19.0 Å². The van der Waals surface area contributed by atoms with E-state index in [4.69, 9.17) is 0 Å². The highest BCUT2D eigenvalue weighted by Gasteiger charge is 2.06. The molecule has 1 aromatic carbocycles. The van der Waals surface area contributed by atoms with Crippen LogP contribution in [0.1, 0.15) is 12.1 Å². The Labute approximate surface area is 113 Å². The molecule has 0 unspecified atom stereocenters. The zero-order valence-corrected chi connectivity index (χ0v) is 11.6. The second-order valence-corrected chi connectivity index (χ2v) is 4.79. The maximum atomic E-state index is 11.5. The maximum absolute atomic E-state index is 11.5. The van der Waals surface area contributed by atoms with E-state index in [-0.39, 0.29) is 5.91 Å². The van der Waals surface area contributed by atoms with Crippen LogP contribution in [-0.4, -0.2) is 36.4 Å². The molecule has 1 amide bonds. The quantitative estimate of drug-likeness (QED) is 0.915. The van der Waals surface area contributed by atoms with Gasteiger partial charge in [0, 0.05) is 43.8 Å². The van der Waals surface area contributed by atoms with Crippen LogP contribution in [-0.2, 0) is 4.79 Å². The van der Waals surface area contributed by atoms with Crippen LogP contribution in [0, 0.1) is 6.92 Å². The van der Waals surface area contributed by atoms with Gasteiger partial charge in [0.2, 0.25) is 5.91 Å². The van der Waals surface area contributed by atoms with Crippen molar-refractivity contribution >= 4 is 22.5 Å². The molecule has 0 saturated heterocycles. The number of rotatable bonds is 4. The van der Waals surface area contributed by atoms with E-state index < -0.39 is 0 Å². The average Bonchev–Trinajstić information content (AvgIpc) is 2.38. The molecule has 0 saturated carbocycles. The lowest BCUT2D eigenvalue weighted by Crippen LogP contribution is -2.23. The molecule has 1 heterocycles. The number of hydrogen-bond donors (Lipinski definition) is 1. The largest absolute Gasteiger partial charge is 0.384 e. The normalized spacial score (nSPS) is 10.5. The standard InChI is InChI=1S/C15H19N3O/c1-11-10-14(16-9-8-15(19)18(2)3)12-6-4-5-7-13(12)17-11/h4-7,10H,8-9H2,1-3H3,(H,16,17). The van der Waals surface area contributed by atoms with Crippen molar-refractivity contribution in [2.24, 2.45) is 0 Å². The first-order valence-electron chi connectivity index (χ1n) is 6.38. The van der Waals surface area contributed by atoms with E-state index >= 15 is 0 Å². The number of aryl methyl sites for hydroxylation is 1. The molecule has 0 fully saturated rings. The molecule has 2 aromatic rings. The van der Waals surface area contributed by atoms with E-state index in [1.165, 1.54) is 0 Å². The van der Waals surface area contributed by atoms with E-state index in [2.05, 4.69) is 10.3 Å². The zero-order valence-electron chi connectivity index (χ0n) is 11.6. The van der Waals surface area contributed by atoms with Gasteiger partial charge in [-0.2, -0.15) is 0 Å². The Morgan fingerprint density at radius 3 is 2.79 bits per heavy atom. The summed E-state index contributed by atoms with van der Waals surface area (Å²) in [5, 5.41) is 4.42. The van der Waals surface area contributed by atoms with Crippen molar-refractivity contribution in [2.75, 3.05) is 26.0 Å². The number of para-hydroxylation sites is 1. The second kappa shape index (κ2) is 5.69. The third kappa shape index (κ3) is 3.22. The predicted octanol–water partition coefficient (Wildman–Crippen LogP) is 2.43. The molecule has 19 heavy (non-hydrogen) atoms. The molecule has 1 aromatic heterocycles. The van der Waals surface area contributed by atoms with Crippen LogP contribution in [0.2, 0.25) is 0 Å². The van der Waals surface area contributed by atoms with Gasteiger partial charge in [-0.3, -0.25) is 9.78 Å². The van der Waals surface area contributed by atoms with Crippen molar-refractivity contribution in [3.63, 3.8) is 0 Å². The highest BCUT2D eigenvalue weighted by Crippen LogP contribution is 2.22. The van der Waals surface area contributed by atoms with Crippen molar-refractivity contribution in [3.8, 4) is 0 Å². The van der Waals surface area contributed by atoms with Gasteiger partial charge < -0.3 is 10.2 Å². The molecular weight excluding hydrogens is 238 g/mol. The Hall–Kier alpha value is -2.10. The van der Waals surface area contributed by atoms with E-state index in [9.17, 15) is 4.79 Å². The van der Waals surface area contributed by atoms with Gasteiger partial charge in [-0.15, -0.1) is 0 Å². The highest BCUT2D eigenvalue weighted by atomic mass is 16.2. The number of carbonyl (C=O) groups excluding carboxylic acids is 1. The van der Waals surface area contributed by atoms with Crippen LogP contribution in [0.25, 0.3) is 10.9 Å². The third-order valence-corrected chi connectivity index (χ3v) is 3.00. The van der Waals surface area contributed by atoms with Gasteiger partial charge in [0.1, 0.15) is 0 Å². The van der Waals surface area contributed by atoms with Gasteiger partial charge in [0.25, 0.3) is 0 Å². The third-order valence-electron chi connectivity index (χ3n) is 3.00. The topological polar surface area (TPSA) is 45.2 Å². The SMILES string of the molecule is Cc1cc(NCCC(=O)N(C)C)c2ccccc2n1. The molecule has 0 aliphatic rings. The number of nitrogens with zero attached hydrogens (tertiary/aromatic N) is 2. The Kier molecular flexibility index (Phi) is 4.00. The first-order valence-corrected chi connectivity index (χ1v) is 6.38. The predicted molar refractivity (Wildman–Crippen MR) is 78.3 cm³/mol. The molecule has 0 spiro atoms. The number of fused-ring (bicyclic) bond motifs is 1. The first kappa shape index (κ1) is 13.3. The van der Waals surface area contributed by atoms with Gasteiger partial charge >= 0.3 is 0 Å². The molecule has 100 valence electrons. The van der Waals surface area contributed by atoms with Gasteiger partial charge in [-0.25, -0.2) is 0 Å². The van der Waals surface area contributed by atoms with Gasteiger partial charge in [0.05, 0.1) is 5.52 Å². The van der Waals surface area contributed by atoms with Crippen molar-refractivity contribution < 1.29 is 4.79 Å². The van der Waals surface area contributed by atoms with E-state index in [0.717, 1.165) is 22.3 Å². The number of amides is 1. The Morgan fingerprint density at radius 1 is 1.32 bits per heavy atom. The van der Waals surface area contributed by atoms with Crippen molar-refractivity contribution in [2.45, 2.75) is 13.3 Å². The zero-order chi connectivity index (χ0) is 13.8. The summed E-state index contributed by atoms with van der Waals surface area (Å²) in [5.41, 5.74) is 2.98. The molecular formula is C15H19N3O. The van der Waals surface area contributed by atoms with Crippen LogP contribution < -0.4 is 5.32 Å². The van der Waals surface area contributed by atoms with Crippen molar-refractivity contribution in [3.05, 3.63) is 36.0 Å². The first-order chi connectivity index (χ1) is 9.08. The van der Waals surface area contributed by atoms with Crippen LogP contribution >= 0.6 is 0 Å². The van der Waals surface area contributed by atoms with Crippen LogP contribution in [0.4, 0.5) is 5.69 Å². The highest BCUT2D eigenvalue weighted by molar-refractivity contribution is 5.91. The minimum atomic E-state index is 0.127. The summed E-state index contributed by atoms with van der Waals surface area (Å²) in [7, 11) is 3.54. The smallest absolute Gasteiger partial charge is 0.223 e. The lowest BCUT2D eigenvalue weighted by Gasteiger charge is -2.13. The van der Waals surface area contributed by atoms with E-state index in [0.29, 0.717) is 13.0 Å². The number of benzene rings is 1. The average molecular weight is 257 g/mol. The fraction of sp³-hybridized carbons (Fsp3) is 0.333. The number of nitrogens with one attached hydrogen (secondary N) is 1. The van der Waals surface area contributed by atoms with Crippen LogP contribution in [0.5, 0.6) is 0 Å². The van der Waals surface area contributed by atoms with Gasteiger partial charge in [-0.1, -0.05) is 18.2 Å². The maximum Gasteiger partial charge on any atom is 0.223 e. The van der Waals surface area contributed by atoms with Crippen molar-refractivity contribution in [1.82, 2.24) is 9.88 Å². The fourth-order valence-electron chi connectivity index (χ4n) is 1.98.